The van der Waals surface area contributed by atoms with Gasteiger partial charge in [0.15, 0.2) is 0 Å². The lowest BCUT2D eigenvalue weighted by atomic mass is 9.87. The lowest BCUT2D eigenvalue weighted by Crippen LogP contribution is -2.59. The van der Waals surface area contributed by atoms with E-state index in [-0.39, 0.29) is 0 Å². The van der Waals surface area contributed by atoms with Gasteiger partial charge in [-0.1, -0.05) is 60.7 Å². The van der Waals surface area contributed by atoms with Gasteiger partial charge in [0.1, 0.15) is 5.60 Å². The number of likely N-dealkylation sites (tertiary alicyclic amines) is 2. The molecule has 2 aromatic rings. The normalized spacial score (nSPS) is 30.6. The molecule has 4 rings (SSSR count). The van der Waals surface area contributed by atoms with Gasteiger partial charge in [-0.3, -0.25) is 9.80 Å². The van der Waals surface area contributed by atoms with E-state index in [0.717, 1.165) is 26.2 Å². The van der Waals surface area contributed by atoms with Gasteiger partial charge in [-0.25, -0.2) is 0 Å². The van der Waals surface area contributed by atoms with Gasteiger partial charge in [-0.05, 0) is 11.1 Å². The van der Waals surface area contributed by atoms with Gasteiger partial charge in [0.25, 0.3) is 0 Å². The first-order valence-electron chi connectivity index (χ1n) is 8.60. The van der Waals surface area contributed by atoms with E-state index in [4.69, 9.17) is 5.73 Å². The number of hydrogen-bond acceptors (Lipinski definition) is 4. The molecule has 2 aliphatic heterocycles. The first-order chi connectivity index (χ1) is 11.6. The molecule has 0 amide bonds. The van der Waals surface area contributed by atoms with Crippen LogP contribution in [0.3, 0.4) is 0 Å². The lowest BCUT2D eigenvalue weighted by molar-refractivity contribution is 0.0240. The zero-order valence-electron chi connectivity index (χ0n) is 13.9. The van der Waals surface area contributed by atoms with Crippen LogP contribution in [0.25, 0.3) is 0 Å². The highest BCUT2D eigenvalue weighted by molar-refractivity contribution is 5.23. The highest BCUT2D eigenvalue weighted by Crippen LogP contribution is 2.38. The predicted octanol–water partition coefficient (Wildman–Crippen LogP) is 1.45. The summed E-state index contributed by atoms with van der Waals surface area (Å²) in [4.78, 5) is 4.57. The minimum Gasteiger partial charge on any atom is -0.385 e. The van der Waals surface area contributed by atoms with Crippen LogP contribution in [-0.2, 0) is 13.1 Å². The van der Waals surface area contributed by atoms with Crippen molar-refractivity contribution in [2.24, 2.45) is 5.73 Å². The van der Waals surface area contributed by atoms with Crippen molar-refractivity contribution in [1.29, 1.82) is 0 Å². The van der Waals surface area contributed by atoms with Crippen molar-refractivity contribution >= 4 is 0 Å². The number of β-amino-alcohol motifs (C(OH)–C–C–N with tert-alkyl or cyclic N) is 1. The van der Waals surface area contributed by atoms with Crippen molar-refractivity contribution in [2.45, 2.75) is 24.2 Å². The lowest BCUT2D eigenvalue weighted by Gasteiger charge is -2.29. The Balaban J connectivity index is 1.43. The van der Waals surface area contributed by atoms with Crippen molar-refractivity contribution in [3.05, 3.63) is 71.8 Å². The SMILES string of the molecule is NC12CN(Cc3ccccc3)CC1(O)CN(Cc1ccccc1)C2. The maximum atomic E-state index is 11.2. The number of nitrogens with two attached hydrogens (primary N) is 1. The molecular weight excluding hydrogens is 298 g/mol. The molecule has 2 aromatic carbocycles. The summed E-state index contributed by atoms with van der Waals surface area (Å²) in [6.07, 6.45) is 0. The third-order valence-electron chi connectivity index (χ3n) is 5.41. The Morgan fingerprint density at radius 1 is 0.750 bits per heavy atom. The van der Waals surface area contributed by atoms with Crippen molar-refractivity contribution in [3.63, 3.8) is 0 Å². The second kappa shape index (κ2) is 5.97. The number of nitrogens with zero attached hydrogens (tertiary/aromatic N) is 2. The Kier molecular flexibility index (Phi) is 3.93. The monoisotopic (exact) mass is 323 g/mol. The van der Waals surface area contributed by atoms with E-state index in [2.05, 4.69) is 58.3 Å². The fraction of sp³-hybridized carbons (Fsp3) is 0.400. The quantitative estimate of drug-likeness (QED) is 0.894. The summed E-state index contributed by atoms with van der Waals surface area (Å²) in [6.45, 7) is 4.46. The minimum absolute atomic E-state index is 0.545. The molecule has 0 aliphatic carbocycles. The second-order valence-corrected chi connectivity index (χ2v) is 7.45. The van der Waals surface area contributed by atoms with Crippen LogP contribution in [0.5, 0.6) is 0 Å². The van der Waals surface area contributed by atoms with Gasteiger partial charge in [-0.15, -0.1) is 0 Å². The number of benzene rings is 2. The Bertz CT molecular complexity index is 615. The summed E-state index contributed by atoms with van der Waals surface area (Å²) >= 11 is 0. The zero-order valence-corrected chi connectivity index (χ0v) is 13.9. The molecule has 2 fully saturated rings. The van der Waals surface area contributed by atoms with Crippen molar-refractivity contribution in [1.82, 2.24) is 9.80 Å². The molecule has 2 aliphatic rings. The highest BCUT2D eigenvalue weighted by atomic mass is 16.3. The summed E-state index contributed by atoms with van der Waals surface area (Å²) < 4.78 is 0. The molecule has 0 bridgehead atoms. The van der Waals surface area contributed by atoms with Crippen molar-refractivity contribution in [2.75, 3.05) is 26.2 Å². The molecule has 0 radical (unpaired) electrons. The van der Waals surface area contributed by atoms with E-state index >= 15 is 0 Å². The average molecular weight is 323 g/mol. The summed E-state index contributed by atoms with van der Waals surface area (Å²) in [5.41, 5.74) is 7.82. The summed E-state index contributed by atoms with van der Waals surface area (Å²) in [6, 6.07) is 20.8. The molecule has 2 saturated heterocycles. The third-order valence-corrected chi connectivity index (χ3v) is 5.41. The highest BCUT2D eigenvalue weighted by Gasteiger charge is 2.60. The number of rotatable bonds is 4. The van der Waals surface area contributed by atoms with Crippen molar-refractivity contribution in [3.8, 4) is 0 Å². The van der Waals surface area contributed by atoms with Crippen LogP contribution in [0.1, 0.15) is 11.1 Å². The third kappa shape index (κ3) is 2.87. The van der Waals surface area contributed by atoms with Gasteiger partial charge in [0.2, 0.25) is 0 Å². The maximum absolute atomic E-state index is 11.2. The van der Waals surface area contributed by atoms with E-state index in [9.17, 15) is 5.11 Å². The largest absolute Gasteiger partial charge is 0.385 e. The Hall–Kier alpha value is -1.72. The molecule has 0 saturated carbocycles. The Labute approximate surface area is 143 Å². The second-order valence-electron chi connectivity index (χ2n) is 7.45. The average Bonchev–Trinajstić information content (AvgIpc) is 2.92. The molecule has 2 heterocycles. The zero-order chi connectivity index (χ0) is 16.6. The minimum atomic E-state index is -0.823. The van der Waals surface area contributed by atoms with Crippen molar-refractivity contribution < 1.29 is 5.11 Å². The summed E-state index contributed by atoms with van der Waals surface area (Å²) in [5, 5.41) is 11.2. The van der Waals surface area contributed by atoms with E-state index in [1.165, 1.54) is 11.1 Å². The predicted molar refractivity (Wildman–Crippen MR) is 95.3 cm³/mol. The number of fused-ring (bicyclic) bond motifs is 1. The molecule has 4 nitrogen and oxygen atoms in total. The summed E-state index contributed by atoms with van der Waals surface area (Å²) in [7, 11) is 0. The van der Waals surface area contributed by atoms with Gasteiger partial charge in [-0.2, -0.15) is 0 Å². The smallest absolute Gasteiger partial charge is 0.110 e. The Morgan fingerprint density at radius 3 is 1.54 bits per heavy atom. The topological polar surface area (TPSA) is 52.7 Å². The van der Waals surface area contributed by atoms with Crippen LogP contribution in [-0.4, -0.2) is 52.2 Å². The molecule has 4 heteroatoms. The van der Waals surface area contributed by atoms with Crippen LogP contribution in [0.4, 0.5) is 0 Å². The van der Waals surface area contributed by atoms with E-state index < -0.39 is 11.1 Å². The standard InChI is InChI=1S/C20H25N3O/c21-19-13-22(11-17-7-3-1-4-8-17)15-20(19,24)16-23(14-19)12-18-9-5-2-6-10-18/h1-10,24H,11-16,21H2. The van der Waals surface area contributed by atoms with Crippen LogP contribution in [0.2, 0.25) is 0 Å². The molecule has 0 spiro atoms. The first-order valence-corrected chi connectivity index (χ1v) is 8.60. The number of hydrogen-bond donors (Lipinski definition) is 2. The molecule has 0 unspecified atom stereocenters. The maximum Gasteiger partial charge on any atom is 0.110 e. The van der Waals surface area contributed by atoms with Crippen LogP contribution in [0, 0.1) is 0 Å². The summed E-state index contributed by atoms with van der Waals surface area (Å²) in [5.74, 6) is 0. The first kappa shape index (κ1) is 15.8. The van der Waals surface area contributed by atoms with Crippen LogP contribution >= 0.6 is 0 Å². The van der Waals surface area contributed by atoms with Crippen LogP contribution in [0.15, 0.2) is 60.7 Å². The van der Waals surface area contributed by atoms with E-state index in [1.807, 2.05) is 12.1 Å². The molecule has 126 valence electrons. The van der Waals surface area contributed by atoms with E-state index in [1.54, 1.807) is 0 Å². The van der Waals surface area contributed by atoms with E-state index in [0.29, 0.717) is 13.1 Å². The Morgan fingerprint density at radius 2 is 1.17 bits per heavy atom. The fourth-order valence-corrected chi connectivity index (χ4v) is 4.27. The molecule has 0 atom stereocenters. The molecular formula is C20H25N3O. The number of aliphatic hydroxyl groups is 1. The molecule has 3 N–H and O–H groups in total. The van der Waals surface area contributed by atoms with Crippen LogP contribution < -0.4 is 5.73 Å². The fourth-order valence-electron chi connectivity index (χ4n) is 4.27. The van der Waals surface area contributed by atoms with Gasteiger partial charge < -0.3 is 10.8 Å². The molecule has 0 aromatic heterocycles. The van der Waals surface area contributed by atoms with Gasteiger partial charge in [0.05, 0.1) is 5.54 Å². The van der Waals surface area contributed by atoms with Gasteiger partial charge in [0, 0.05) is 39.3 Å². The molecule has 24 heavy (non-hydrogen) atoms. The van der Waals surface area contributed by atoms with Gasteiger partial charge >= 0.3 is 0 Å².